The van der Waals surface area contributed by atoms with E-state index in [1.165, 1.54) is 0 Å². The monoisotopic (exact) mass is 443 g/mol. The van der Waals surface area contributed by atoms with Crippen molar-refractivity contribution in [1.29, 1.82) is 0 Å². The SMILES string of the molecule is CCC(CC)c1cc(CNC(=NC)N2CCN(S(=O)(=O)CCOC(C)C)CC2)on1. The first-order valence-electron chi connectivity index (χ1n) is 10.8. The number of rotatable bonds is 10. The summed E-state index contributed by atoms with van der Waals surface area (Å²) in [7, 11) is -1.58. The third kappa shape index (κ3) is 6.95. The van der Waals surface area contributed by atoms with Gasteiger partial charge in [-0.1, -0.05) is 19.0 Å². The maximum Gasteiger partial charge on any atom is 0.216 e. The van der Waals surface area contributed by atoms with Gasteiger partial charge in [-0.25, -0.2) is 8.42 Å². The molecule has 0 saturated carbocycles. The van der Waals surface area contributed by atoms with Crippen LogP contribution in [-0.2, 0) is 21.3 Å². The van der Waals surface area contributed by atoms with Crippen molar-refractivity contribution in [3.8, 4) is 0 Å². The van der Waals surface area contributed by atoms with Gasteiger partial charge in [-0.15, -0.1) is 0 Å². The zero-order chi connectivity index (χ0) is 22.1. The lowest BCUT2D eigenvalue weighted by Crippen LogP contribution is -2.54. The van der Waals surface area contributed by atoms with Gasteiger partial charge < -0.3 is 19.5 Å². The Morgan fingerprint density at radius 2 is 1.93 bits per heavy atom. The number of nitrogens with one attached hydrogen (secondary N) is 1. The predicted molar refractivity (Wildman–Crippen MR) is 118 cm³/mol. The molecule has 0 atom stereocenters. The normalized spacial score (nSPS) is 16.6. The van der Waals surface area contributed by atoms with Crippen LogP contribution in [0.3, 0.4) is 0 Å². The molecular weight excluding hydrogens is 406 g/mol. The number of guanidine groups is 1. The fourth-order valence-electron chi connectivity index (χ4n) is 3.51. The van der Waals surface area contributed by atoms with Crippen LogP contribution < -0.4 is 5.32 Å². The molecule has 172 valence electrons. The Morgan fingerprint density at radius 1 is 1.27 bits per heavy atom. The van der Waals surface area contributed by atoms with Gasteiger partial charge in [0.05, 0.1) is 30.7 Å². The summed E-state index contributed by atoms with van der Waals surface area (Å²) in [6, 6.07) is 2.00. The Balaban J connectivity index is 1.84. The summed E-state index contributed by atoms with van der Waals surface area (Å²) in [5, 5.41) is 7.49. The molecule has 1 aliphatic rings. The van der Waals surface area contributed by atoms with E-state index in [1.54, 1.807) is 11.4 Å². The molecule has 0 bridgehead atoms. The fourth-order valence-corrected chi connectivity index (χ4v) is 4.79. The van der Waals surface area contributed by atoms with Crippen LogP contribution in [0.1, 0.15) is 57.9 Å². The van der Waals surface area contributed by atoms with Gasteiger partial charge in [-0.05, 0) is 26.7 Å². The molecule has 0 unspecified atom stereocenters. The molecule has 0 amide bonds. The zero-order valence-corrected chi connectivity index (χ0v) is 19.7. The third-order valence-electron chi connectivity index (χ3n) is 5.34. The molecule has 0 radical (unpaired) electrons. The van der Waals surface area contributed by atoms with E-state index in [0.717, 1.165) is 30.3 Å². The molecule has 0 spiro atoms. The number of ether oxygens (including phenoxy) is 1. The van der Waals surface area contributed by atoms with Crippen molar-refractivity contribution in [3.63, 3.8) is 0 Å². The van der Waals surface area contributed by atoms with Gasteiger partial charge in [-0.2, -0.15) is 4.31 Å². The standard InChI is InChI=1S/C20H37N5O4S/c1-6-17(7-2)19-14-18(29-23-19)15-22-20(21-5)24-8-10-25(11-9-24)30(26,27)13-12-28-16(3)4/h14,16-17H,6-13,15H2,1-5H3,(H,21,22). The third-order valence-corrected chi connectivity index (χ3v) is 7.17. The van der Waals surface area contributed by atoms with Gasteiger partial charge in [0.1, 0.15) is 0 Å². The molecule has 2 heterocycles. The van der Waals surface area contributed by atoms with Gasteiger partial charge in [0.2, 0.25) is 10.0 Å². The van der Waals surface area contributed by atoms with E-state index in [-0.39, 0.29) is 18.5 Å². The van der Waals surface area contributed by atoms with Gasteiger partial charge in [0.25, 0.3) is 0 Å². The Bertz CT molecular complexity index is 766. The molecule has 0 aromatic carbocycles. The maximum absolute atomic E-state index is 12.5. The number of hydrogen-bond donors (Lipinski definition) is 1. The highest BCUT2D eigenvalue weighted by Gasteiger charge is 2.28. The molecular formula is C20H37N5O4S. The minimum absolute atomic E-state index is 0.0164. The van der Waals surface area contributed by atoms with Crippen molar-refractivity contribution in [2.45, 2.75) is 59.1 Å². The van der Waals surface area contributed by atoms with Gasteiger partial charge in [-0.3, -0.25) is 4.99 Å². The summed E-state index contributed by atoms with van der Waals surface area (Å²) in [6.45, 7) is 10.9. The van der Waals surface area contributed by atoms with Crippen LogP contribution in [0.25, 0.3) is 0 Å². The first kappa shape index (κ1) is 24.6. The zero-order valence-electron chi connectivity index (χ0n) is 18.9. The van der Waals surface area contributed by atoms with Crippen molar-refractivity contribution in [3.05, 3.63) is 17.5 Å². The maximum atomic E-state index is 12.5. The highest BCUT2D eigenvalue weighted by atomic mass is 32.2. The Labute approximate surface area is 180 Å². The highest BCUT2D eigenvalue weighted by molar-refractivity contribution is 7.89. The molecule has 30 heavy (non-hydrogen) atoms. The van der Waals surface area contributed by atoms with Crippen LogP contribution in [-0.4, -0.2) is 80.4 Å². The van der Waals surface area contributed by atoms with Crippen LogP contribution in [0.15, 0.2) is 15.6 Å². The summed E-state index contributed by atoms with van der Waals surface area (Å²) in [5.74, 6) is 1.94. The fraction of sp³-hybridized carbons (Fsp3) is 0.800. The number of nitrogens with zero attached hydrogens (tertiary/aromatic N) is 4. The first-order valence-corrected chi connectivity index (χ1v) is 12.4. The molecule has 0 aliphatic carbocycles. The van der Waals surface area contributed by atoms with Gasteiger partial charge >= 0.3 is 0 Å². The Hall–Kier alpha value is -1.65. The molecule has 1 N–H and O–H groups in total. The first-order chi connectivity index (χ1) is 14.3. The van der Waals surface area contributed by atoms with E-state index in [2.05, 4.69) is 34.2 Å². The van der Waals surface area contributed by atoms with E-state index in [4.69, 9.17) is 9.26 Å². The van der Waals surface area contributed by atoms with Crippen molar-refractivity contribution < 1.29 is 17.7 Å². The summed E-state index contributed by atoms with van der Waals surface area (Å²) in [6.07, 6.45) is 2.10. The van der Waals surface area contributed by atoms with E-state index < -0.39 is 10.0 Å². The molecule has 1 aromatic heterocycles. The Morgan fingerprint density at radius 3 is 2.50 bits per heavy atom. The van der Waals surface area contributed by atoms with E-state index >= 15 is 0 Å². The average Bonchev–Trinajstić information content (AvgIpc) is 3.18. The second-order valence-electron chi connectivity index (χ2n) is 7.75. The number of aliphatic imine (C=N–C) groups is 1. The number of aromatic nitrogens is 1. The topological polar surface area (TPSA) is 100 Å². The van der Waals surface area contributed by atoms with Crippen molar-refractivity contribution in [1.82, 2.24) is 19.7 Å². The molecule has 1 fully saturated rings. The number of sulfonamides is 1. The minimum Gasteiger partial charge on any atom is -0.378 e. The largest absolute Gasteiger partial charge is 0.378 e. The minimum atomic E-state index is -3.30. The van der Waals surface area contributed by atoms with Crippen LogP contribution in [0.5, 0.6) is 0 Å². The van der Waals surface area contributed by atoms with Crippen molar-refractivity contribution in [2.75, 3.05) is 45.6 Å². The molecule has 9 nitrogen and oxygen atoms in total. The smallest absolute Gasteiger partial charge is 0.216 e. The summed E-state index contributed by atoms with van der Waals surface area (Å²) in [4.78, 5) is 6.40. The number of piperazine rings is 1. The van der Waals surface area contributed by atoms with Crippen molar-refractivity contribution >= 4 is 16.0 Å². The molecule has 2 rings (SSSR count). The van der Waals surface area contributed by atoms with Crippen molar-refractivity contribution in [2.24, 2.45) is 4.99 Å². The highest BCUT2D eigenvalue weighted by Crippen LogP contribution is 2.22. The second-order valence-corrected chi connectivity index (χ2v) is 9.84. The van der Waals surface area contributed by atoms with E-state index in [0.29, 0.717) is 38.6 Å². The number of hydrogen-bond acceptors (Lipinski definition) is 6. The van der Waals surface area contributed by atoms with Gasteiger partial charge in [0.15, 0.2) is 11.7 Å². The van der Waals surface area contributed by atoms with E-state index in [9.17, 15) is 8.42 Å². The lowest BCUT2D eigenvalue weighted by atomic mass is 9.99. The van der Waals surface area contributed by atoms with E-state index in [1.807, 2.05) is 19.9 Å². The lowest BCUT2D eigenvalue weighted by molar-refractivity contribution is 0.0904. The molecule has 1 aromatic rings. The predicted octanol–water partition coefficient (Wildman–Crippen LogP) is 2.03. The summed E-state index contributed by atoms with van der Waals surface area (Å²) >= 11 is 0. The lowest BCUT2D eigenvalue weighted by Gasteiger charge is -2.35. The molecule has 10 heteroatoms. The van der Waals surface area contributed by atoms with Crippen LogP contribution in [0, 0.1) is 0 Å². The molecule has 1 saturated heterocycles. The quantitative estimate of drug-likeness (QED) is 0.436. The summed E-state index contributed by atoms with van der Waals surface area (Å²) < 4.78 is 37.4. The Kier molecular flexibility index (Phi) is 9.57. The average molecular weight is 444 g/mol. The van der Waals surface area contributed by atoms with Crippen LogP contribution >= 0.6 is 0 Å². The molecule has 1 aliphatic heterocycles. The van der Waals surface area contributed by atoms with Crippen LogP contribution in [0.4, 0.5) is 0 Å². The van der Waals surface area contributed by atoms with Gasteiger partial charge in [0, 0.05) is 45.2 Å². The second kappa shape index (κ2) is 11.7. The summed E-state index contributed by atoms with van der Waals surface area (Å²) in [5.41, 5.74) is 0.993. The van der Waals surface area contributed by atoms with Crippen LogP contribution in [0.2, 0.25) is 0 Å².